The fraction of sp³-hybridized carbons (Fsp3) is 0.500. The van der Waals surface area contributed by atoms with E-state index in [1.165, 1.54) is 5.56 Å². The standard InChI is InChI=1S/C16H23N3O/c1-10(2)11-6-8-12(9-7-11)13-14(20)18-15(17-13)19-16(3,4)5/h6-10,13H,1-5H3,(H2,17,18,19,20). The number of rotatable bonds is 2. The van der Waals surface area contributed by atoms with Crippen LogP contribution in [0.4, 0.5) is 0 Å². The number of guanidine groups is 1. The van der Waals surface area contributed by atoms with Gasteiger partial charge in [0, 0.05) is 5.54 Å². The van der Waals surface area contributed by atoms with E-state index in [2.05, 4.69) is 41.6 Å². The quantitative estimate of drug-likeness (QED) is 0.870. The highest BCUT2D eigenvalue weighted by Crippen LogP contribution is 2.23. The van der Waals surface area contributed by atoms with Crippen LogP contribution in [0.2, 0.25) is 0 Å². The van der Waals surface area contributed by atoms with Crippen molar-refractivity contribution in [2.45, 2.75) is 52.1 Å². The third kappa shape index (κ3) is 3.38. The van der Waals surface area contributed by atoms with Crippen LogP contribution >= 0.6 is 0 Å². The Bertz CT molecular complexity index is 524. The summed E-state index contributed by atoms with van der Waals surface area (Å²) in [5.41, 5.74) is 2.07. The summed E-state index contributed by atoms with van der Waals surface area (Å²) < 4.78 is 0. The van der Waals surface area contributed by atoms with E-state index in [4.69, 9.17) is 0 Å². The van der Waals surface area contributed by atoms with Gasteiger partial charge in [0.05, 0.1) is 0 Å². The molecule has 2 rings (SSSR count). The first kappa shape index (κ1) is 14.6. The van der Waals surface area contributed by atoms with Gasteiger partial charge >= 0.3 is 0 Å². The number of nitrogens with zero attached hydrogens (tertiary/aromatic N) is 1. The molecule has 0 saturated heterocycles. The van der Waals surface area contributed by atoms with Crippen molar-refractivity contribution < 1.29 is 4.79 Å². The van der Waals surface area contributed by atoms with Gasteiger partial charge in [-0.15, -0.1) is 0 Å². The maximum absolute atomic E-state index is 12.0. The van der Waals surface area contributed by atoms with Crippen LogP contribution in [-0.2, 0) is 4.79 Å². The second-order valence-electron chi connectivity index (χ2n) is 6.57. The largest absolute Gasteiger partial charge is 0.351 e. The van der Waals surface area contributed by atoms with Gasteiger partial charge in [-0.1, -0.05) is 38.1 Å². The average molecular weight is 273 g/mol. The van der Waals surface area contributed by atoms with Crippen LogP contribution in [0.1, 0.15) is 57.7 Å². The molecule has 20 heavy (non-hydrogen) atoms. The lowest BCUT2D eigenvalue weighted by Gasteiger charge is -2.21. The number of carbonyl (C=O) groups is 1. The molecule has 1 amide bonds. The summed E-state index contributed by atoms with van der Waals surface area (Å²) in [4.78, 5) is 16.5. The van der Waals surface area contributed by atoms with Crippen molar-refractivity contribution in [3.8, 4) is 0 Å². The SMILES string of the molecule is CC(C)c1ccc(C2N=C(NC(C)(C)C)NC2=O)cc1. The second kappa shape index (κ2) is 5.27. The van der Waals surface area contributed by atoms with Gasteiger partial charge in [0.25, 0.3) is 5.91 Å². The molecule has 0 saturated carbocycles. The van der Waals surface area contributed by atoms with Gasteiger partial charge in [0.2, 0.25) is 0 Å². The van der Waals surface area contributed by atoms with Crippen LogP contribution in [0, 0.1) is 0 Å². The highest BCUT2D eigenvalue weighted by Gasteiger charge is 2.29. The van der Waals surface area contributed by atoms with Gasteiger partial charge in [-0.2, -0.15) is 0 Å². The number of carbonyl (C=O) groups excluding carboxylic acids is 1. The predicted octanol–water partition coefficient (Wildman–Crippen LogP) is 2.73. The summed E-state index contributed by atoms with van der Waals surface area (Å²) >= 11 is 0. The van der Waals surface area contributed by atoms with E-state index < -0.39 is 6.04 Å². The van der Waals surface area contributed by atoms with Crippen molar-refractivity contribution >= 4 is 11.9 Å². The average Bonchev–Trinajstić information content (AvgIpc) is 2.67. The molecule has 1 aromatic carbocycles. The summed E-state index contributed by atoms with van der Waals surface area (Å²) in [7, 11) is 0. The first-order valence-corrected chi connectivity index (χ1v) is 7.03. The number of hydrogen-bond donors (Lipinski definition) is 2. The summed E-state index contributed by atoms with van der Waals surface area (Å²) in [6, 6.07) is 7.67. The molecule has 0 bridgehead atoms. The Balaban J connectivity index is 2.18. The lowest BCUT2D eigenvalue weighted by Crippen LogP contribution is -2.46. The van der Waals surface area contributed by atoms with E-state index in [0.29, 0.717) is 11.9 Å². The molecular weight excluding hydrogens is 250 g/mol. The highest BCUT2D eigenvalue weighted by molar-refractivity contribution is 6.05. The fourth-order valence-electron chi connectivity index (χ4n) is 2.11. The molecule has 2 N–H and O–H groups in total. The van der Waals surface area contributed by atoms with Crippen LogP contribution in [0.25, 0.3) is 0 Å². The van der Waals surface area contributed by atoms with Gasteiger partial charge in [-0.3, -0.25) is 10.1 Å². The molecular formula is C16H23N3O. The zero-order chi connectivity index (χ0) is 14.9. The number of hydrogen-bond acceptors (Lipinski definition) is 3. The normalized spacial score (nSPS) is 19.0. The van der Waals surface area contributed by atoms with Crippen LogP contribution in [0.5, 0.6) is 0 Å². The molecule has 1 heterocycles. The van der Waals surface area contributed by atoms with E-state index in [-0.39, 0.29) is 11.4 Å². The maximum Gasteiger partial charge on any atom is 0.256 e. The molecule has 0 aliphatic carbocycles. The van der Waals surface area contributed by atoms with Crippen LogP contribution in [-0.4, -0.2) is 17.4 Å². The van der Waals surface area contributed by atoms with E-state index in [1.54, 1.807) is 0 Å². The number of benzene rings is 1. The zero-order valence-electron chi connectivity index (χ0n) is 12.8. The van der Waals surface area contributed by atoms with Crippen LogP contribution < -0.4 is 10.6 Å². The van der Waals surface area contributed by atoms with Crippen molar-refractivity contribution in [3.63, 3.8) is 0 Å². The summed E-state index contributed by atoms with van der Waals surface area (Å²) in [5.74, 6) is 0.970. The topological polar surface area (TPSA) is 53.5 Å². The Kier molecular flexibility index (Phi) is 3.84. The number of amides is 1. The predicted molar refractivity (Wildman–Crippen MR) is 81.7 cm³/mol. The first-order valence-electron chi connectivity index (χ1n) is 7.03. The van der Waals surface area contributed by atoms with Crippen molar-refractivity contribution in [3.05, 3.63) is 35.4 Å². The Morgan fingerprint density at radius 3 is 2.30 bits per heavy atom. The van der Waals surface area contributed by atoms with Crippen LogP contribution in [0.3, 0.4) is 0 Å². The molecule has 0 radical (unpaired) electrons. The molecule has 108 valence electrons. The monoisotopic (exact) mass is 273 g/mol. The summed E-state index contributed by atoms with van der Waals surface area (Å²) in [6.45, 7) is 10.4. The van der Waals surface area contributed by atoms with E-state index in [1.807, 2.05) is 32.9 Å². The zero-order valence-corrected chi connectivity index (χ0v) is 12.8. The van der Waals surface area contributed by atoms with Crippen molar-refractivity contribution in [2.75, 3.05) is 0 Å². The summed E-state index contributed by atoms with van der Waals surface area (Å²) in [6.07, 6.45) is 0. The molecule has 1 aliphatic heterocycles. The maximum atomic E-state index is 12.0. The Labute approximate surface area is 120 Å². The minimum atomic E-state index is -0.443. The van der Waals surface area contributed by atoms with Gasteiger partial charge in [-0.05, 0) is 37.8 Å². The molecule has 4 nitrogen and oxygen atoms in total. The molecule has 0 fully saturated rings. The Morgan fingerprint density at radius 1 is 1.20 bits per heavy atom. The first-order chi connectivity index (χ1) is 9.26. The lowest BCUT2D eigenvalue weighted by molar-refractivity contribution is -0.120. The van der Waals surface area contributed by atoms with Crippen LogP contribution in [0.15, 0.2) is 29.3 Å². The minimum Gasteiger partial charge on any atom is -0.351 e. The van der Waals surface area contributed by atoms with E-state index >= 15 is 0 Å². The molecule has 0 spiro atoms. The molecule has 1 aromatic rings. The van der Waals surface area contributed by atoms with Crippen molar-refractivity contribution in [2.24, 2.45) is 4.99 Å². The summed E-state index contributed by atoms with van der Waals surface area (Å²) in [5, 5.41) is 5.99. The molecule has 1 unspecified atom stereocenters. The van der Waals surface area contributed by atoms with Crippen molar-refractivity contribution in [1.82, 2.24) is 10.6 Å². The van der Waals surface area contributed by atoms with Crippen molar-refractivity contribution in [1.29, 1.82) is 0 Å². The minimum absolute atomic E-state index is 0.0750. The number of nitrogens with one attached hydrogen (secondary N) is 2. The molecule has 4 heteroatoms. The molecule has 1 aliphatic rings. The van der Waals surface area contributed by atoms with Gasteiger partial charge < -0.3 is 5.32 Å². The van der Waals surface area contributed by atoms with Gasteiger partial charge in [0.1, 0.15) is 0 Å². The van der Waals surface area contributed by atoms with E-state index in [9.17, 15) is 4.79 Å². The third-order valence-corrected chi connectivity index (χ3v) is 3.16. The molecule has 0 aromatic heterocycles. The Hall–Kier alpha value is -1.84. The smallest absolute Gasteiger partial charge is 0.256 e. The second-order valence-corrected chi connectivity index (χ2v) is 6.57. The van der Waals surface area contributed by atoms with Gasteiger partial charge in [0.15, 0.2) is 12.0 Å². The Morgan fingerprint density at radius 2 is 1.80 bits per heavy atom. The molecule has 1 atom stereocenters. The third-order valence-electron chi connectivity index (χ3n) is 3.16. The number of aliphatic imine (C=N–C) groups is 1. The van der Waals surface area contributed by atoms with E-state index in [0.717, 1.165) is 5.56 Å². The fourth-order valence-corrected chi connectivity index (χ4v) is 2.11. The highest BCUT2D eigenvalue weighted by atomic mass is 16.2. The van der Waals surface area contributed by atoms with Gasteiger partial charge in [-0.25, -0.2) is 4.99 Å². The lowest BCUT2D eigenvalue weighted by atomic mass is 9.99.